The minimum absolute atomic E-state index is 0.0205. The van der Waals surface area contributed by atoms with Crippen LogP contribution in [0, 0.1) is 0 Å². The van der Waals surface area contributed by atoms with E-state index in [1.54, 1.807) is 6.92 Å². The molecule has 0 bridgehead atoms. The maximum Gasteiger partial charge on any atom is 0.240 e. The van der Waals surface area contributed by atoms with Crippen LogP contribution in [0.4, 0.5) is 0 Å². The summed E-state index contributed by atoms with van der Waals surface area (Å²) in [4.78, 5) is 11.1. The van der Waals surface area contributed by atoms with E-state index >= 15 is 0 Å². The number of Topliss-reactive ketones (excluding diaryl/α,β-unsaturated/α-hetero) is 1. The largest absolute Gasteiger partial charge is 0.392 e. The summed E-state index contributed by atoms with van der Waals surface area (Å²) in [6.07, 6.45) is -0.220. The minimum atomic E-state index is -3.63. The molecule has 0 fully saturated rings. The minimum Gasteiger partial charge on any atom is -0.392 e. The Hall–Kier alpha value is -1.24. The van der Waals surface area contributed by atoms with Crippen molar-refractivity contribution in [1.29, 1.82) is 0 Å². The number of aliphatic hydroxyl groups is 1. The molecule has 0 aromatic heterocycles. The van der Waals surface area contributed by atoms with Crippen LogP contribution in [0.25, 0.3) is 0 Å². The fraction of sp³-hybridized carbons (Fsp3) is 0.417. The Morgan fingerprint density at radius 3 is 2.33 bits per heavy atom. The Bertz CT molecular complexity index is 507. The van der Waals surface area contributed by atoms with Gasteiger partial charge in [-0.05, 0) is 25.5 Å². The second-order valence-corrected chi connectivity index (χ2v) is 5.76. The first-order valence-corrected chi connectivity index (χ1v) is 7.14. The highest BCUT2D eigenvalue weighted by molar-refractivity contribution is 7.89. The van der Waals surface area contributed by atoms with Gasteiger partial charge < -0.3 is 5.11 Å². The number of benzene rings is 1. The summed E-state index contributed by atoms with van der Waals surface area (Å²) >= 11 is 0. The van der Waals surface area contributed by atoms with Gasteiger partial charge in [0.1, 0.15) is 0 Å². The summed E-state index contributed by atoms with van der Waals surface area (Å²) < 4.78 is 26.0. The molecule has 0 aliphatic carbocycles. The summed E-state index contributed by atoms with van der Waals surface area (Å²) in [6, 6.07) is 5.68. The quantitative estimate of drug-likeness (QED) is 0.754. The van der Waals surface area contributed by atoms with Crippen LogP contribution >= 0.6 is 0 Å². The van der Waals surface area contributed by atoms with Gasteiger partial charge in [-0.3, -0.25) is 4.79 Å². The third-order valence-electron chi connectivity index (χ3n) is 2.55. The standard InChI is InChI=1S/C12H17NO4S/c1-3-11(15)8-13-18(16,17)12-6-4-10(5-7-12)9(2)14/h4-7,11,13,15H,3,8H2,1-2H3. The average Bonchev–Trinajstić information content (AvgIpc) is 2.36. The van der Waals surface area contributed by atoms with Crippen LogP contribution < -0.4 is 4.72 Å². The Morgan fingerprint density at radius 1 is 1.33 bits per heavy atom. The molecule has 1 aromatic carbocycles. The lowest BCUT2D eigenvalue weighted by Gasteiger charge is -2.10. The Labute approximate surface area is 107 Å². The van der Waals surface area contributed by atoms with Gasteiger partial charge in [0.25, 0.3) is 0 Å². The molecule has 0 aliphatic rings. The first kappa shape index (κ1) is 14.8. The van der Waals surface area contributed by atoms with Crippen LogP contribution in [0.1, 0.15) is 30.6 Å². The highest BCUT2D eigenvalue weighted by Crippen LogP contribution is 2.11. The molecule has 5 nitrogen and oxygen atoms in total. The van der Waals surface area contributed by atoms with Gasteiger partial charge in [-0.2, -0.15) is 0 Å². The topological polar surface area (TPSA) is 83.5 Å². The van der Waals surface area contributed by atoms with E-state index in [2.05, 4.69) is 4.72 Å². The van der Waals surface area contributed by atoms with Gasteiger partial charge in [-0.1, -0.05) is 19.1 Å². The molecule has 6 heteroatoms. The zero-order chi connectivity index (χ0) is 13.8. The van der Waals surface area contributed by atoms with Crippen molar-refractivity contribution in [3.63, 3.8) is 0 Å². The second kappa shape index (κ2) is 6.08. The van der Waals surface area contributed by atoms with Gasteiger partial charge in [0, 0.05) is 12.1 Å². The lowest BCUT2D eigenvalue weighted by molar-refractivity contribution is 0.101. The molecule has 18 heavy (non-hydrogen) atoms. The molecule has 1 rings (SSSR count). The van der Waals surface area contributed by atoms with Crippen LogP contribution in [0.15, 0.2) is 29.2 Å². The van der Waals surface area contributed by atoms with E-state index in [9.17, 15) is 18.3 Å². The van der Waals surface area contributed by atoms with E-state index in [1.165, 1.54) is 31.2 Å². The van der Waals surface area contributed by atoms with Crippen molar-refractivity contribution in [2.24, 2.45) is 0 Å². The van der Waals surface area contributed by atoms with Gasteiger partial charge in [0.15, 0.2) is 5.78 Å². The predicted octanol–water partition coefficient (Wildman–Crippen LogP) is 0.938. The maximum absolute atomic E-state index is 11.8. The first-order chi connectivity index (χ1) is 8.36. The van der Waals surface area contributed by atoms with E-state index in [1.807, 2.05) is 0 Å². The smallest absolute Gasteiger partial charge is 0.240 e. The molecule has 1 aromatic rings. The van der Waals surface area contributed by atoms with E-state index in [0.717, 1.165) is 0 Å². The number of hydrogen-bond acceptors (Lipinski definition) is 4. The zero-order valence-corrected chi connectivity index (χ0v) is 11.2. The van der Waals surface area contributed by atoms with Crippen LogP contribution in [0.3, 0.4) is 0 Å². The Morgan fingerprint density at radius 2 is 1.89 bits per heavy atom. The molecule has 1 unspecified atom stereocenters. The molecule has 100 valence electrons. The van der Waals surface area contributed by atoms with Gasteiger partial charge in [0.05, 0.1) is 11.0 Å². The normalized spacial score (nSPS) is 13.3. The van der Waals surface area contributed by atoms with E-state index in [-0.39, 0.29) is 17.2 Å². The first-order valence-electron chi connectivity index (χ1n) is 5.65. The molecule has 0 saturated heterocycles. The summed E-state index contributed by atoms with van der Waals surface area (Å²) in [5, 5.41) is 9.31. The van der Waals surface area contributed by atoms with Crippen LogP contribution in [-0.4, -0.2) is 32.0 Å². The fourth-order valence-electron chi connectivity index (χ4n) is 1.30. The average molecular weight is 271 g/mol. The third kappa shape index (κ3) is 3.90. The fourth-order valence-corrected chi connectivity index (χ4v) is 2.38. The number of aliphatic hydroxyl groups excluding tert-OH is 1. The number of ketones is 1. The summed E-state index contributed by atoms with van der Waals surface area (Å²) in [6.45, 7) is 3.16. The number of sulfonamides is 1. The lowest BCUT2D eigenvalue weighted by atomic mass is 10.2. The van der Waals surface area contributed by atoms with Gasteiger partial charge >= 0.3 is 0 Å². The van der Waals surface area contributed by atoms with Gasteiger partial charge in [-0.25, -0.2) is 13.1 Å². The van der Waals surface area contributed by atoms with Gasteiger partial charge in [0.2, 0.25) is 10.0 Å². The Kier molecular flexibility index (Phi) is 5.01. The van der Waals surface area contributed by atoms with Crippen molar-refractivity contribution < 1.29 is 18.3 Å². The highest BCUT2D eigenvalue weighted by atomic mass is 32.2. The molecule has 0 radical (unpaired) electrons. The van der Waals surface area contributed by atoms with Crippen molar-refractivity contribution in [2.75, 3.05) is 6.54 Å². The molecule has 0 aliphatic heterocycles. The van der Waals surface area contributed by atoms with Crippen molar-refractivity contribution >= 4 is 15.8 Å². The van der Waals surface area contributed by atoms with E-state index in [4.69, 9.17) is 0 Å². The highest BCUT2D eigenvalue weighted by Gasteiger charge is 2.15. The predicted molar refractivity (Wildman–Crippen MR) is 67.9 cm³/mol. The monoisotopic (exact) mass is 271 g/mol. The van der Waals surface area contributed by atoms with E-state index in [0.29, 0.717) is 12.0 Å². The molecule has 1 atom stereocenters. The van der Waals surface area contributed by atoms with Gasteiger partial charge in [-0.15, -0.1) is 0 Å². The van der Waals surface area contributed by atoms with Crippen LogP contribution in [0.5, 0.6) is 0 Å². The van der Waals surface area contributed by atoms with Crippen molar-refractivity contribution in [2.45, 2.75) is 31.3 Å². The summed E-state index contributed by atoms with van der Waals surface area (Å²) in [5.41, 5.74) is 0.461. The van der Waals surface area contributed by atoms with Crippen LogP contribution in [0.2, 0.25) is 0 Å². The number of hydrogen-bond donors (Lipinski definition) is 2. The van der Waals surface area contributed by atoms with Crippen LogP contribution in [-0.2, 0) is 10.0 Å². The third-order valence-corrected chi connectivity index (χ3v) is 3.99. The summed E-state index contributed by atoms with van der Waals surface area (Å²) in [5.74, 6) is -0.117. The van der Waals surface area contributed by atoms with Crippen molar-refractivity contribution in [3.05, 3.63) is 29.8 Å². The van der Waals surface area contributed by atoms with Crippen molar-refractivity contribution in [3.8, 4) is 0 Å². The van der Waals surface area contributed by atoms with Crippen molar-refractivity contribution in [1.82, 2.24) is 4.72 Å². The molecular formula is C12H17NO4S. The number of nitrogens with one attached hydrogen (secondary N) is 1. The zero-order valence-electron chi connectivity index (χ0n) is 10.4. The lowest BCUT2D eigenvalue weighted by Crippen LogP contribution is -2.31. The molecule has 0 spiro atoms. The Balaban J connectivity index is 2.82. The number of carbonyl (C=O) groups is 1. The second-order valence-electron chi connectivity index (χ2n) is 3.99. The molecule has 2 N–H and O–H groups in total. The molecule has 0 heterocycles. The summed E-state index contributed by atoms with van der Waals surface area (Å²) in [7, 11) is -3.63. The van der Waals surface area contributed by atoms with E-state index < -0.39 is 16.1 Å². The number of carbonyl (C=O) groups excluding carboxylic acids is 1. The number of rotatable bonds is 6. The maximum atomic E-state index is 11.8. The SMILES string of the molecule is CCC(O)CNS(=O)(=O)c1ccc(C(C)=O)cc1. The molecular weight excluding hydrogens is 254 g/mol. The molecule has 0 saturated carbocycles. The molecule has 0 amide bonds.